The van der Waals surface area contributed by atoms with Crippen molar-refractivity contribution in [3.05, 3.63) is 34.0 Å². The third-order valence-corrected chi connectivity index (χ3v) is 4.22. The lowest BCUT2D eigenvalue weighted by Gasteiger charge is -2.18. The summed E-state index contributed by atoms with van der Waals surface area (Å²) in [6.45, 7) is 5.92. The second-order valence-electron chi connectivity index (χ2n) is 5.01. The molecule has 0 unspecified atom stereocenters. The molecule has 0 saturated heterocycles. The molecule has 2 N–H and O–H groups in total. The Morgan fingerprint density at radius 2 is 2.24 bits per heavy atom. The van der Waals surface area contributed by atoms with Gasteiger partial charge in [-0.15, -0.1) is 11.3 Å². The Labute approximate surface area is 128 Å². The van der Waals surface area contributed by atoms with Crippen LogP contribution in [0.2, 0.25) is 0 Å². The minimum absolute atomic E-state index is 0.0489. The molecule has 0 radical (unpaired) electrons. The van der Waals surface area contributed by atoms with Crippen molar-refractivity contribution in [3.63, 3.8) is 0 Å². The molecule has 21 heavy (non-hydrogen) atoms. The van der Waals surface area contributed by atoms with Crippen LogP contribution in [0.5, 0.6) is 0 Å². The third-order valence-electron chi connectivity index (χ3n) is 3.33. The van der Waals surface area contributed by atoms with E-state index in [1.165, 1.54) is 0 Å². The first-order valence-corrected chi connectivity index (χ1v) is 7.85. The van der Waals surface area contributed by atoms with E-state index in [2.05, 4.69) is 20.7 Å². The average molecular weight is 307 g/mol. The summed E-state index contributed by atoms with van der Waals surface area (Å²) < 4.78 is 1.76. The van der Waals surface area contributed by atoms with Crippen molar-refractivity contribution < 1.29 is 4.79 Å². The highest BCUT2D eigenvalue weighted by Gasteiger charge is 2.18. The molecule has 2 rings (SSSR count). The zero-order chi connectivity index (χ0) is 15.4. The van der Waals surface area contributed by atoms with Crippen molar-refractivity contribution >= 4 is 17.4 Å². The van der Waals surface area contributed by atoms with Gasteiger partial charge in [0.2, 0.25) is 0 Å². The fraction of sp³-hybridized carbons (Fsp3) is 0.500. The summed E-state index contributed by atoms with van der Waals surface area (Å²) in [6, 6.07) is -0.326. The van der Waals surface area contributed by atoms with Gasteiger partial charge in [-0.3, -0.25) is 4.68 Å². The smallest absolute Gasteiger partial charge is 0.315 e. The van der Waals surface area contributed by atoms with Gasteiger partial charge in [0.25, 0.3) is 0 Å². The van der Waals surface area contributed by atoms with Gasteiger partial charge in [0.1, 0.15) is 5.01 Å². The van der Waals surface area contributed by atoms with Crippen LogP contribution in [0.25, 0.3) is 0 Å². The summed E-state index contributed by atoms with van der Waals surface area (Å²) in [7, 11) is 1.87. The van der Waals surface area contributed by atoms with Crippen molar-refractivity contribution in [1.29, 1.82) is 0 Å². The lowest BCUT2D eigenvalue weighted by atomic mass is 10.1. The highest BCUT2D eigenvalue weighted by atomic mass is 32.1. The van der Waals surface area contributed by atoms with Crippen LogP contribution in [0.3, 0.4) is 0 Å². The monoisotopic (exact) mass is 307 g/mol. The van der Waals surface area contributed by atoms with Gasteiger partial charge in [-0.05, 0) is 20.3 Å². The summed E-state index contributed by atoms with van der Waals surface area (Å²) in [5, 5.41) is 13.1. The van der Waals surface area contributed by atoms with Crippen LogP contribution < -0.4 is 10.6 Å². The lowest BCUT2D eigenvalue weighted by Crippen LogP contribution is -2.39. The molecular formula is C14H21N5OS. The number of aryl methyl sites for hydroxylation is 2. The fourth-order valence-electron chi connectivity index (χ4n) is 2.26. The van der Waals surface area contributed by atoms with E-state index in [-0.39, 0.29) is 18.1 Å². The number of carbonyl (C=O) groups is 1. The minimum atomic E-state index is -0.187. The summed E-state index contributed by atoms with van der Waals surface area (Å²) in [5.74, 6) is 0. The molecule has 7 heteroatoms. The van der Waals surface area contributed by atoms with Gasteiger partial charge < -0.3 is 10.6 Å². The van der Waals surface area contributed by atoms with Crippen molar-refractivity contribution in [2.75, 3.05) is 0 Å². The van der Waals surface area contributed by atoms with Crippen LogP contribution in [0, 0.1) is 6.92 Å². The molecule has 2 atom stereocenters. The molecular weight excluding hydrogens is 286 g/mol. The number of urea groups is 1. The highest BCUT2D eigenvalue weighted by molar-refractivity contribution is 7.09. The van der Waals surface area contributed by atoms with E-state index in [0.717, 1.165) is 22.7 Å². The van der Waals surface area contributed by atoms with Crippen LogP contribution in [-0.2, 0) is 7.05 Å². The predicted octanol–water partition coefficient (Wildman–Crippen LogP) is 2.70. The molecule has 2 aromatic heterocycles. The standard InChI is InChI=1S/C14H21N5OS/c1-5-12(13-15-6-7-21-13)17-14(20)16-9(2)11-8-19(4)18-10(11)3/h6-9,12H,5H2,1-4H3,(H2,16,17,20)/t9-,12+/m1/s1. The Balaban J connectivity index is 1.96. The van der Waals surface area contributed by atoms with E-state index in [4.69, 9.17) is 0 Å². The third kappa shape index (κ3) is 3.81. The van der Waals surface area contributed by atoms with Gasteiger partial charge in [-0.2, -0.15) is 5.10 Å². The van der Waals surface area contributed by atoms with E-state index < -0.39 is 0 Å². The van der Waals surface area contributed by atoms with Gasteiger partial charge in [0.15, 0.2) is 0 Å². The van der Waals surface area contributed by atoms with Crippen LogP contribution in [0.15, 0.2) is 17.8 Å². The molecule has 6 nitrogen and oxygen atoms in total. The number of hydrogen-bond acceptors (Lipinski definition) is 4. The number of nitrogens with zero attached hydrogens (tertiary/aromatic N) is 3. The second kappa shape index (κ2) is 6.71. The van der Waals surface area contributed by atoms with Gasteiger partial charge >= 0.3 is 6.03 Å². The zero-order valence-electron chi connectivity index (χ0n) is 12.8. The molecule has 0 spiro atoms. The van der Waals surface area contributed by atoms with E-state index in [1.54, 1.807) is 22.2 Å². The second-order valence-corrected chi connectivity index (χ2v) is 5.94. The van der Waals surface area contributed by atoms with Crippen LogP contribution in [0.4, 0.5) is 4.79 Å². The first-order valence-electron chi connectivity index (χ1n) is 6.97. The molecule has 0 aliphatic heterocycles. The molecule has 0 bridgehead atoms. The van der Waals surface area contributed by atoms with Crippen molar-refractivity contribution in [2.24, 2.45) is 7.05 Å². The Morgan fingerprint density at radius 3 is 2.76 bits per heavy atom. The maximum absolute atomic E-state index is 12.1. The van der Waals surface area contributed by atoms with Gasteiger partial charge in [-0.1, -0.05) is 6.92 Å². The highest BCUT2D eigenvalue weighted by Crippen LogP contribution is 2.19. The molecule has 0 aliphatic rings. The van der Waals surface area contributed by atoms with Crippen LogP contribution >= 0.6 is 11.3 Å². The largest absolute Gasteiger partial charge is 0.332 e. The summed E-state index contributed by atoms with van der Waals surface area (Å²) in [6.07, 6.45) is 4.49. The molecule has 2 aromatic rings. The Hall–Kier alpha value is -1.89. The average Bonchev–Trinajstić information content (AvgIpc) is 3.05. The number of nitrogens with one attached hydrogen (secondary N) is 2. The Morgan fingerprint density at radius 1 is 1.48 bits per heavy atom. The summed E-state index contributed by atoms with van der Waals surface area (Å²) in [5.41, 5.74) is 1.95. The maximum Gasteiger partial charge on any atom is 0.315 e. The molecule has 2 heterocycles. The number of carbonyl (C=O) groups excluding carboxylic acids is 1. The Bertz CT molecular complexity index is 593. The number of amides is 2. The number of aromatic nitrogens is 3. The molecule has 0 aliphatic carbocycles. The number of hydrogen-bond donors (Lipinski definition) is 2. The van der Waals surface area contributed by atoms with E-state index in [9.17, 15) is 4.79 Å². The maximum atomic E-state index is 12.1. The van der Waals surface area contributed by atoms with Crippen LogP contribution in [-0.4, -0.2) is 20.8 Å². The van der Waals surface area contributed by atoms with Crippen molar-refractivity contribution in [3.8, 4) is 0 Å². The Kier molecular flexibility index (Phi) is 4.95. The molecule has 0 fully saturated rings. The first kappa shape index (κ1) is 15.5. The van der Waals surface area contributed by atoms with Gasteiger partial charge in [0, 0.05) is 30.4 Å². The van der Waals surface area contributed by atoms with E-state index >= 15 is 0 Å². The van der Waals surface area contributed by atoms with Gasteiger partial charge in [-0.25, -0.2) is 9.78 Å². The van der Waals surface area contributed by atoms with E-state index in [1.807, 2.05) is 39.4 Å². The SMILES string of the molecule is CC[C@H](NC(=O)N[C@H](C)c1cn(C)nc1C)c1nccs1. The summed E-state index contributed by atoms with van der Waals surface area (Å²) >= 11 is 1.55. The summed E-state index contributed by atoms with van der Waals surface area (Å²) in [4.78, 5) is 16.4. The minimum Gasteiger partial charge on any atom is -0.332 e. The first-order chi connectivity index (χ1) is 10.0. The number of rotatable bonds is 5. The predicted molar refractivity (Wildman–Crippen MR) is 83.2 cm³/mol. The quantitative estimate of drug-likeness (QED) is 0.892. The van der Waals surface area contributed by atoms with Crippen molar-refractivity contribution in [2.45, 2.75) is 39.3 Å². The number of thiazole rings is 1. The normalized spacial score (nSPS) is 13.7. The molecule has 0 saturated carbocycles. The zero-order valence-corrected chi connectivity index (χ0v) is 13.6. The topological polar surface area (TPSA) is 71.8 Å². The van der Waals surface area contributed by atoms with Gasteiger partial charge in [0.05, 0.1) is 17.8 Å². The molecule has 114 valence electrons. The molecule has 0 aromatic carbocycles. The fourth-order valence-corrected chi connectivity index (χ4v) is 3.04. The van der Waals surface area contributed by atoms with Crippen molar-refractivity contribution in [1.82, 2.24) is 25.4 Å². The van der Waals surface area contributed by atoms with Crippen LogP contribution in [0.1, 0.15) is 48.6 Å². The van der Waals surface area contributed by atoms with E-state index in [0.29, 0.717) is 0 Å². The lowest BCUT2D eigenvalue weighted by molar-refractivity contribution is 0.233. The molecule has 2 amide bonds.